The molecule has 1 aromatic rings. The van der Waals surface area contributed by atoms with Crippen LogP contribution in [-0.4, -0.2) is 23.1 Å². The van der Waals surface area contributed by atoms with Gasteiger partial charge in [-0.25, -0.2) is 9.97 Å². The maximum atomic E-state index is 3.92. The Balaban J connectivity index is 0.00000169. The summed E-state index contributed by atoms with van der Waals surface area (Å²) >= 11 is 0. The van der Waals surface area contributed by atoms with Crippen molar-refractivity contribution in [3.63, 3.8) is 0 Å². The predicted molar refractivity (Wildman–Crippen MR) is 69.6 cm³/mol. The van der Waals surface area contributed by atoms with Crippen molar-refractivity contribution in [2.24, 2.45) is 0 Å². The molecule has 0 aliphatic heterocycles. The molecule has 0 aromatic carbocycles. The minimum absolute atomic E-state index is 0. The van der Waals surface area contributed by atoms with Gasteiger partial charge >= 0.3 is 0 Å². The molecule has 14 heavy (non-hydrogen) atoms. The first kappa shape index (κ1) is 13.5. The standard InChI is InChI=1S/C10H15N3.HI/c1-9(11-2)4-3-5-10-6-12-8-13-7-10;/h3,5-9,11H,4H2,1-2H3;1H. The van der Waals surface area contributed by atoms with Crippen molar-refractivity contribution in [1.29, 1.82) is 0 Å². The first-order valence-electron chi connectivity index (χ1n) is 4.41. The second-order valence-corrected chi connectivity index (χ2v) is 3.00. The molecule has 4 heteroatoms. The normalized spacial score (nSPS) is 12.4. The summed E-state index contributed by atoms with van der Waals surface area (Å²) in [6, 6.07) is 0.515. The Morgan fingerprint density at radius 1 is 1.43 bits per heavy atom. The number of hydrogen-bond donors (Lipinski definition) is 1. The minimum Gasteiger partial charge on any atom is -0.317 e. The number of rotatable bonds is 4. The maximum absolute atomic E-state index is 3.92. The average molecular weight is 305 g/mol. The lowest BCUT2D eigenvalue weighted by molar-refractivity contribution is 0.621. The van der Waals surface area contributed by atoms with Gasteiger partial charge in [0, 0.05) is 24.0 Å². The van der Waals surface area contributed by atoms with Gasteiger partial charge in [0.15, 0.2) is 0 Å². The van der Waals surface area contributed by atoms with Crippen LogP contribution >= 0.6 is 24.0 Å². The molecule has 3 nitrogen and oxygen atoms in total. The van der Waals surface area contributed by atoms with Crippen LogP contribution in [0, 0.1) is 0 Å². The van der Waals surface area contributed by atoms with Gasteiger partial charge in [-0.2, -0.15) is 0 Å². The van der Waals surface area contributed by atoms with E-state index in [0.29, 0.717) is 6.04 Å². The van der Waals surface area contributed by atoms with E-state index in [1.54, 1.807) is 12.4 Å². The first-order valence-corrected chi connectivity index (χ1v) is 4.41. The lowest BCUT2D eigenvalue weighted by atomic mass is 10.2. The van der Waals surface area contributed by atoms with Gasteiger partial charge in [-0.05, 0) is 20.4 Å². The molecule has 0 amide bonds. The predicted octanol–water partition coefficient (Wildman–Crippen LogP) is 2.11. The molecule has 0 saturated heterocycles. The van der Waals surface area contributed by atoms with Crippen LogP contribution in [0.1, 0.15) is 18.9 Å². The highest BCUT2D eigenvalue weighted by Crippen LogP contribution is 1.99. The Hall–Kier alpha value is -0.490. The molecule has 0 saturated carbocycles. The maximum Gasteiger partial charge on any atom is 0.115 e. The van der Waals surface area contributed by atoms with E-state index < -0.39 is 0 Å². The zero-order valence-corrected chi connectivity index (χ0v) is 10.8. The van der Waals surface area contributed by atoms with Crippen LogP contribution in [0.2, 0.25) is 0 Å². The summed E-state index contributed by atoms with van der Waals surface area (Å²) in [5.74, 6) is 0. The van der Waals surface area contributed by atoms with Crippen molar-refractivity contribution in [3.05, 3.63) is 30.4 Å². The van der Waals surface area contributed by atoms with Crippen molar-refractivity contribution in [2.75, 3.05) is 7.05 Å². The highest BCUT2D eigenvalue weighted by atomic mass is 127. The first-order chi connectivity index (χ1) is 6.33. The topological polar surface area (TPSA) is 37.8 Å². The molecule has 1 heterocycles. The molecule has 1 atom stereocenters. The fourth-order valence-corrected chi connectivity index (χ4v) is 0.923. The summed E-state index contributed by atoms with van der Waals surface area (Å²) in [5, 5.41) is 3.17. The van der Waals surface area contributed by atoms with Crippen LogP contribution in [0.4, 0.5) is 0 Å². The van der Waals surface area contributed by atoms with Gasteiger partial charge in [0.1, 0.15) is 6.33 Å². The van der Waals surface area contributed by atoms with Gasteiger partial charge in [-0.3, -0.25) is 0 Å². The number of halogens is 1. The number of aromatic nitrogens is 2. The van der Waals surface area contributed by atoms with Crippen LogP contribution < -0.4 is 5.32 Å². The Kier molecular flexibility index (Phi) is 7.60. The van der Waals surface area contributed by atoms with E-state index in [1.807, 2.05) is 13.1 Å². The Morgan fingerprint density at radius 3 is 2.64 bits per heavy atom. The van der Waals surface area contributed by atoms with Gasteiger partial charge in [0.25, 0.3) is 0 Å². The average Bonchev–Trinajstić information content (AvgIpc) is 2.19. The van der Waals surface area contributed by atoms with Crippen LogP contribution in [0.25, 0.3) is 6.08 Å². The summed E-state index contributed by atoms with van der Waals surface area (Å²) in [7, 11) is 1.96. The second-order valence-electron chi connectivity index (χ2n) is 3.00. The second kappa shape index (κ2) is 7.87. The van der Waals surface area contributed by atoms with E-state index in [9.17, 15) is 0 Å². The summed E-state index contributed by atoms with van der Waals surface area (Å²) in [6.07, 6.45) is 10.3. The van der Waals surface area contributed by atoms with E-state index in [2.05, 4.69) is 28.3 Å². The van der Waals surface area contributed by atoms with E-state index in [0.717, 1.165) is 12.0 Å². The smallest absolute Gasteiger partial charge is 0.115 e. The Labute approximate surface area is 102 Å². The highest BCUT2D eigenvalue weighted by Gasteiger charge is 1.92. The van der Waals surface area contributed by atoms with Gasteiger partial charge in [0.2, 0.25) is 0 Å². The zero-order valence-electron chi connectivity index (χ0n) is 8.47. The van der Waals surface area contributed by atoms with Crippen LogP contribution in [0.5, 0.6) is 0 Å². The van der Waals surface area contributed by atoms with Gasteiger partial charge < -0.3 is 5.32 Å². The van der Waals surface area contributed by atoms with Crippen LogP contribution in [0.15, 0.2) is 24.8 Å². The molecule has 1 unspecified atom stereocenters. The third-order valence-corrected chi connectivity index (χ3v) is 1.87. The fraction of sp³-hybridized carbons (Fsp3) is 0.400. The minimum atomic E-state index is 0. The van der Waals surface area contributed by atoms with Gasteiger partial charge in [-0.15, -0.1) is 24.0 Å². The van der Waals surface area contributed by atoms with Gasteiger partial charge in [0.05, 0.1) is 0 Å². The summed E-state index contributed by atoms with van der Waals surface area (Å²) in [5.41, 5.74) is 1.05. The van der Waals surface area contributed by atoms with Crippen molar-refractivity contribution in [2.45, 2.75) is 19.4 Å². The molecule has 0 radical (unpaired) electrons. The summed E-state index contributed by atoms with van der Waals surface area (Å²) in [6.45, 7) is 2.14. The lowest BCUT2D eigenvalue weighted by Gasteiger charge is -2.04. The molecule has 0 aliphatic rings. The molecule has 0 bridgehead atoms. The summed E-state index contributed by atoms with van der Waals surface area (Å²) in [4.78, 5) is 7.85. The zero-order chi connectivity index (χ0) is 9.52. The van der Waals surface area contributed by atoms with E-state index in [-0.39, 0.29) is 24.0 Å². The SMILES string of the molecule is CNC(C)CC=Cc1cncnc1.I. The van der Waals surface area contributed by atoms with E-state index >= 15 is 0 Å². The van der Waals surface area contributed by atoms with Crippen molar-refractivity contribution in [1.82, 2.24) is 15.3 Å². The monoisotopic (exact) mass is 305 g/mol. The highest BCUT2D eigenvalue weighted by molar-refractivity contribution is 14.0. The van der Waals surface area contributed by atoms with Crippen molar-refractivity contribution >= 4 is 30.1 Å². The fourth-order valence-electron chi connectivity index (χ4n) is 0.923. The van der Waals surface area contributed by atoms with Crippen LogP contribution in [-0.2, 0) is 0 Å². The van der Waals surface area contributed by atoms with Crippen molar-refractivity contribution < 1.29 is 0 Å². The summed E-state index contributed by atoms with van der Waals surface area (Å²) < 4.78 is 0. The largest absolute Gasteiger partial charge is 0.317 e. The molecular weight excluding hydrogens is 289 g/mol. The Morgan fingerprint density at radius 2 is 2.07 bits per heavy atom. The number of hydrogen-bond acceptors (Lipinski definition) is 3. The molecule has 78 valence electrons. The number of nitrogens with zero attached hydrogens (tertiary/aromatic N) is 2. The third kappa shape index (κ3) is 5.29. The quantitative estimate of drug-likeness (QED) is 0.866. The van der Waals surface area contributed by atoms with Crippen LogP contribution in [0.3, 0.4) is 0 Å². The lowest BCUT2D eigenvalue weighted by Crippen LogP contribution is -2.19. The van der Waals surface area contributed by atoms with E-state index in [4.69, 9.17) is 0 Å². The molecular formula is C10H16IN3. The molecule has 0 spiro atoms. The molecule has 0 fully saturated rings. The molecule has 1 rings (SSSR count). The van der Waals surface area contributed by atoms with Gasteiger partial charge in [-0.1, -0.05) is 12.2 Å². The Bertz CT molecular complexity index is 261. The molecule has 0 aliphatic carbocycles. The third-order valence-electron chi connectivity index (χ3n) is 1.87. The molecule has 1 N–H and O–H groups in total. The number of nitrogens with one attached hydrogen (secondary N) is 1. The van der Waals surface area contributed by atoms with E-state index in [1.165, 1.54) is 6.33 Å². The van der Waals surface area contributed by atoms with Crippen molar-refractivity contribution in [3.8, 4) is 0 Å². The molecule has 1 aromatic heterocycles.